The third-order valence-electron chi connectivity index (χ3n) is 2.81. The molecule has 3 N–H and O–H groups in total. The van der Waals surface area contributed by atoms with Crippen molar-refractivity contribution in [3.05, 3.63) is 46.2 Å². The van der Waals surface area contributed by atoms with E-state index in [1.165, 1.54) is 0 Å². The van der Waals surface area contributed by atoms with Crippen LogP contribution in [0.25, 0.3) is 0 Å². The molecule has 7 heteroatoms. The number of hydrogen-bond acceptors (Lipinski definition) is 4. The van der Waals surface area contributed by atoms with Gasteiger partial charge in [0.15, 0.2) is 5.84 Å². The quantitative estimate of drug-likeness (QED) is 0.391. The van der Waals surface area contributed by atoms with Gasteiger partial charge in [-0.2, -0.15) is 5.10 Å². The molecular formula is C13H15ClN4O2. The molecule has 106 valence electrons. The molecule has 0 amide bonds. The Balaban J connectivity index is 2.12. The van der Waals surface area contributed by atoms with Crippen LogP contribution in [0.15, 0.2) is 29.4 Å². The number of nitrogens with zero attached hydrogens (tertiary/aromatic N) is 3. The Morgan fingerprint density at radius 1 is 1.50 bits per heavy atom. The van der Waals surface area contributed by atoms with Crippen LogP contribution >= 0.6 is 11.6 Å². The maximum Gasteiger partial charge on any atom is 0.170 e. The lowest BCUT2D eigenvalue weighted by Gasteiger charge is -2.09. The summed E-state index contributed by atoms with van der Waals surface area (Å²) in [6.07, 6.45) is 0. The Bertz CT molecular complexity index is 652. The van der Waals surface area contributed by atoms with Gasteiger partial charge < -0.3 is 15.7 Å². The standard InChI is InChI=1S/C13H15ClN4O2/c1-8-5-10(18(2)16-8)7-20-12-4-3-9(6-11(12)14)13(15)17-19/h3-6,19H,7H2,1-2H3,(H2,15,17). The Morgan fingerprint density at radius 2 is 2.25 bits per heavy atom. The fourth-order valence-corrected chi connectivity index (χ4v) is 2.02. The third-order valence-corrected chi connectivity index (χ3v) is 3.11. The summed E-state index contributed by atoms with van der Waals surface area (Å²) in [5.74, 6) is 0.528. The fourth-order valence-electron chi connectivity index (χ4n) is 1.79. The van der Waals surface area contributed by atoms with Gasteiger partial charge in [-0.15, -0.1) is 0 Å². The van der Waals surface area contributed by atoms with Crippen molar-refractivity contribution in [3.63, 3.8) is 0 Å². The Hall–Kier alpha value is -2.21. The van der Waals surface area contributed by atoms with E-state index in [9.17, 15) is 0 Å². The number of nitrogens with two attached hydrogens (primary N) is 1. The molecular weight excluding hydrogens is 280 g/mol. The van der Waals surface area contributed by atoms with E-state index in [1.807, 2.05) is 20.0 Å². The monoisotopic (exact) mass is 294 g/mol. The predicted molar refractivity (Wildman–Crippen MR) is 76.2 cm³/mol. The number of oxime groups is 1. The molecule has 0 aliphatic carbocycles. The molecule has 6 nitrogen and oxygen atoms in total. The summed E-state index contributed by atoms with van der Waals surface area (Å²) >= 11 is 6.10. The second kappa shape index (κ2) is 5.83. The molecule has 1 heterocycles. The Kier molecular flexibility index (Phi) is 4.14. The number of benzene rings is 1. The highest BCUT2D eigenvalue weighted by atomic mass is 35.5. The maximum atomic E-state index is 8.61. The fraction of sp³-hybridized carbons (Fsp3) is 0.231. The first-order chi connectivity index (χ1) is 9.51. The summed E-state index contributed by atoms with van der Waals surface area (Å²) in [5.41, 5.74) is 7.89. The van der Waals surface area contributed by atoms with Gasteiger partial charge >= 0.3 is 0 Å². The molecule has 0 spiro atoms. The smallest absolute Gasteiger partial charge is 0.170 e. The van der Waals surface area contributed by atoms with E-state index < -0.39 is 0 Å². The van der Waals surface area contributed by atoms with Gasteiger partial charge in [0.05, 0.1) is 16.4 Å². The molecule has 0 bridgehead atoms. The van der Waals surface area contributed by atoms with E-state index in [0.717, 1.165) is 11.4 Å². The lowest BCUT2D eigenvalue weighted by Crippen LogP contribution is -2.13. The Labute approximate surface area is 121 Å². The van der Waals surface area contributed by atoms with E-state index in [4.69, 9.17) is 27.3 Å². The van der Waals surface area contributed by atoms with Crippen LogP contribution in [0, 0.1) is 6.92 Å². The van der Waals surface area contributed by atoms with Crippen molar-refractivity contribution in [2.75, 3.05) is 0 Å². The summed E-state index contributed by atoms with van der Waals surface area (Å²) in [4.78, 5) is 0. The SMILES string of the molecule is Cc1cc(COc2ccc(C(N)=NO)cc2Cl)n(C)n1. The molecule has 0 aliphatic rings. The normalized spacial score (nSPS) is 11.7. The van der Waals surface area contributed by atoms with Crippen LogP contribution in [0.3, 0.4) is 0 Å². The van der Waals surface area contributed by atoms with Gasteiger partial charge in [-0.1, -0.05) is 16.8 Å². The number of halogens is 1. The van der Waals surface area contributed by atoms with Crippen LogP contribution < -0.4 is 10.5 Å². The van der Waals surface area contributed by atoms with E-state index in [1.54, 1.807) is 22.9 Å². The van der Waals surface area contributed by atoms with E-state index in [-0.39, 0.29) is 5.84 Å². The van der Waals surface area contributed by atoms with Crippen LogP contribution in [0.2, 0.25) is 5.02 Å². The lowest BCUT2D eigenvalue weighted by molar-refractivity contribution is 0.295. The average molecular weight is 295 g/mol. The molecule has 2 rings (SSSR count). The predicted octanol–water partition coefficient (Wildman–Crippen LogP) is 2.06. The van der Waals surface area contributed by atoms with Gasteiger partial charge in [-0.05, 0) is 31.2 Å². The lowest BCUT2D eigenvalue weighted by atomic mass is 10.2. The minimum absolute atomic E-state index is 0.000657. The van der Waals surface area contributed by atoms with Crippen molar-refractivity contribution in [2.24, 2.45) is 17.9 Å². The number of aromatic nitrogens is 2. The molecule has 0 saturated heterocycles. The minimum atomic E-state index is 0.000657. The molecule has 0 unspecified atom stereocenters. The van der Waals surface area contributed by atoms with Crippen molar-refractivity contribution >= 4 is 17.4 Å². The third kappa shape index (κ3) is 3.03. The number of aryl methyl sites for hydroxylation is 2. The van der Waals surface area contributed by atoms with Crippen molar-refractivity contribution in [1.82, 2.24) is 9.78 Å². The summed E-state index contributed by atoms with van der Waals surface area (Å²) in [6.45, 7) is 2.28. The zero-order valence-electron chi connectivity index (χ0n) is 11.2. The Morgan fingerprint density at radius 3 is 2.80 bits per heavy atom. The van der Waals surface area contributed by atoms with E-state index in [2.05, 4.69) is 10.3 Å². The second-order valence-corrected chi connectivity index (χ2v) is 4.73. The highest BCUT2D eigenvalue weighted by molar-refractivity contribution is 6.32. The number of ether oxygens (including phenoxy) is 1. The molecule has 1 aromatic carbocycles. The van der Waals surface area contributed by atoms with Gasteiger partial charge in [0.2, 0.25) is 0 Å². The van der Waals surface area contributed by atoms with Gasteiger partial charge in [-0.3, -0.25) is 4.68 Å². The number of amidine groups is 1. The highest BCUT2D eigenvalue weighted by Gasteiger charge is 2.08. The van der Waals surface area contributed by atoms with Crippen molar-refractivity contribution in [2.45, 2.75) is 13.5 Å². The highest BCUT2D eigenvalue weighted by Crippen LogP contribution is 2.26. The minimum Gasteiger partial charge on any atom is -0.486 e. The van der Waals surface area contributed by atoms with Crippen LogP contribution in [-0.2, 0) is 13.7 Å². The molecule has 20 heavy (non-hydrogen) atoms. The van der Waals surface area contributed by atoms with E-state index >= 15 is 0 Å². The van der Waals surface area contributed by atoms with Crippen LogP contribution in [0.4, 0.5) is 0 Å². The molecule has 2 aromatic rings. The molecule has 1 aromatic heterocycles. The summed E-state index contributed by atoms with van der Waals surface area (Å²) in [7, 11) is 1.86. The van der Waals surface area contributed by atoms with E-state index in [0.29, 0.717) is 22.9 Å². The number of rotatable bonds is 4. The molecule has 0 atom stereocenters. The van der Waals surface area contributed by atoms with Gasteiger partial charge in [0.25, 0.3) is 0 Å². The van der Waals surface area contributed by atoms with Gasteiger partial charge in [-0.25, -0.2) is 0 Å². The summed E-state index contributed by atoms with van der Waals surface area (Å²) in [6, 6.07) is 6.88. The van der Waals surface area contributed by atoms with Crippen molar-refractivity contribution in [3.8, 4) is 5.75 Å². The molecule has 0 fully saturated rings. The van der Waals surface area contributed by atoms with Gasteiger partial charge in [0, 0.05) is 12.6 Å². The topological polar surface area (TPSA) is 85.7 Å². The average Bonchev–Trinajstić information content (AvgIpc) is 2.74. The largest absolute Gasteiger partial charge is 0.486 e. The molecule has 0 saturated carbocycles. The zero-order chi connectivity index (χ0) is 14.7. The number of hydrogen-bond donors (Lipinski definition) is 2. The van der Waals surface area contributed by atoms with Crippen molar-refractivity contribution < 1.29 is 9.94 Å². The summed E-state index contributed by atoms with van der Waals surface area (Å²) in [5, 5.41) is 16.2. The molecule has 0 radical (unpaired) electrons. The summed E-state index contributed by atoms with van der Waals surface area (Å²) < 4.78 is 7.41. The van der Waals surface area contributed by atoms with Crippen LogP contribution in [0.1, 0.15) is 17.0 Å². The molecule has 0 aliphatic heterocycles. The maximum absolute atomic E-state index is 8.61. The van der Waals surface area contributed by atoms with Gasteiger partial charge in [0.1, 0.15) is 12.4 Å². The zero-order valence-corrected chi connectivity index (χ0v) is 11.9. The first-order valence-corrected chi connectivity index (χ1v) is 6.29. The van der Waals surface area contributed by atoms with Crippen LogP contribution in [-0.4, -0.2) is 20.8 Å². The van der Waals surface area contributed by atoms with Crippen molar-refractivity contribution in [1.29, 1.82) is 0 Å². The first kappa shape index (κ1) is 14.2. The van der Waals surface area contributed by atoms with Crippen LogP contribution in [0.5, 0.6) is 5.75 Å². The second-order valence-electron chi connectivity index (χ2n) is 4.32. The first-order valence-electron chi connectivity index (χ1n) is 5.91.